The van der Waals surface area contributed by atoms with Crippen molar-refractivity contribution in [2.45, 2.75) is 26.8 Å². The molecule has 0 amide bonds. The predicted molar refractivity (Wildman–Crippen MR) is 86.9 cm³/mol. The number of hydrogen-bond acceptors (Lipinski definition) is 3. The van der Waals surface area contributed by atoms with Gasteiger partial charge in [-0.25, -0.2) is 4.98 Å². The van der Waals surface area contributed by atoms with E-state index in [0.29, 0.717) is 11.7 Å². The van der Waals surface area contributed by atoms with Gasteiger partial charge in [-0.1, -0.05) is 36.7 Å². The van der Waals surface area contributed by atoms with Crippen LogP contribution in [0.15, 0.2) is 40.9 Å². The van der Waals surface area contributed by atoms with Crippen molar-refractivity contribution in [2.24, 2.45) is 0 Å². The fraction of sp³-hybridized carbons (Fsp3) is 0.235. The van der Waals surface area contributed by atoms with Crippen LogP contribution in [0.1, 0.15) is 23.8 Å². The van der Waals surface area contributed by atoms with E-state index in [4.69, 9.17) is 16.0 Å². The molecule has 0 bridgehead atoms. The van der Waals surface area contributed by atoms with E-state index in [1.807, 2.05) is 31.2 Å². The molecule has 3 aromatic rings. The lowest BCUT2D eigenvalue weighted by atomic mass is 10.1. The summed E-state index contributed by atoms with van der Waals surface area (Å²) in [4.78, 5) is 4.16. The second kappa shape index (κ2) is 5.78. The SMILES string of the molecule is CCc1oc2ccccc2c1CNc1cc(C)cnc1Cl. The van der Waals surface area contributed by atoms with E-state index in [9.17, 15) is 0 Å². The third-order valence-electron chi connectivity index (χ3n) is 3.53. The van der Waals surface area contributed by atoms with Crippen LogP contribution in [-0.2, 0) is 13.0 Å². The number of hydrogen-bond donors (Lipinski definition) is 1. The standard InChI is InChI=1S/C17H17ClN2O/c1-3-15-13(12-6-4-5-7-16(12)21-15)10-19-14-8-11(2)9-20-17(14)18/h4-9,19H,3,10H2,1-2H3. The Hall–Kier alpha value is -2.00. The highest BCUT2D eigenvalue weighted by Crippen LogP contribution is 2.28. The molecular weight excluding hydrogens is 284 g/mol. The molecule has 0 aliphatic carbocycles. The summed E-state index contributed by atoms with van der Waals surface area (Å²) in [6, 6.07) is 10.1. The zero-order valence-corrected chi connectivity index (χ0v) is 12.9. The normalized spacial score (nSPS) is 11.0. The maximum Gasteiger partial charge on any atom is 0.152 e. The summed E-state index contributed by atoms with van der Waals surface area (Å²) in [5.41, 5.74) is 4.05. The minimum atomic E-state index is 0.492. The van der Waals surface area contributed by atoms with Gasteiger partial charge in [0.2, 0.25) is 0 Å². The molecule has 0 radical (unpaired) electrons. The van der Waals surface area contributed by atoms with Crippen molar-refractivity contribution < 1.29 is 4.42 Å². The molecule has 0 aliphatic heterocycles. The zero-order chi connectivity index (χ0) is 14.8. The Morgan fingerprint density at radius 1 is 1.29 bits per heavy atom. The third kappa shape index (κ3) is 2.74. The summed E-state index contributed by atoms with van der Waals surface area (Å²) in [6.07, 6.45) is 2.63. The molecule has 1 N–H and O–H groups in total. The molecule has 3 rings (SSSR count). The number of fused-ring (bicyclic) bond motifs is 1. The Labute approximate surface area is 128 Å². The number of anilines is 1. The summed E-state index contributed by atoms with van der Waals surface area (Å²) in [6.45, 7) is 4.77. The molecule has 0 saturated carbocycles. The van der Waals surface area contributed by atoms with Crippen LogP contribution in [0, 0.1) is 6.92 Å². The van der Waals surface area contributed by atoms with Crippen molar-refractivity contribution in [3.05, 3.63) is 58.6 Å². The van der Waals surface area contributed by atoms with Gasteiger partial charge in [0.05, 0.1) is 5.69 Å². The minimum Gasteiger partial charge on any atom is -0.461 e. The molecule has 0 unspecified atom stereocenters. The lowest BCUT2D eigenvalue weighted by molar-refractivity contribution is 0.551. The number of rotatable bonds is 4. The number of nitrogens with zero attached hydrogens (tertiary/aromatic N) is 1. The van der Waals surface area contributed by atoms with Crippen LogP contribution in [0.2, 0.25) is 5.15 Å². The number of furan rings is 1. The largest absolute Gasteiger partial charge is 0.461 e. The van der Waals surface area contributed by atoms with Gasteiger partial charge in [-0.05, 0) is 24.6 Å². The smallest absolute Gasteiger partial charge is 0.152 e. The summed E-state index contributed by atoms with van der Waals surface area (Å²) in [5.74, 6) is 1.01. The second-order valence-corrected chi connectivity index (χ2v) is 5.42. The predicted octanol–water partition coefficient (Wildman–Crippen LogP) is 4.96. The molecule has 108 valence electrons. The molecule has 2 aromatic heterocycles. The summed E-state index contributed by atoms with van der Waals surface area (Å²) in [5, 5.41) is 5.01. The van der Waals surface area contributed by atoms with E-state index in [1.54, 1.807) is 6.20 Å². The fourth-order valence-corrected chi connectivity index (χ4v) is 2.66. The Balaban J connectivity index is 1.93. The van der Waals surface area contributed by atoms with Gasteiger partial charge in [0, 0.05) is 30.1 Å². The summed E-state index contributed by atoms with van der Waals surface area (Å²) >= 11 is 6.13. The molecule has 0 aliphatic rings. The van der Waals surface area contributed by atoms with Crippen LogP contribution in [0.3, 0.4) is 0 Å². The van der Waals surface area contributed by atoms with Crippen molar-refractivity contribution in [3.8, 4) is 0 Å². The van der Waals surface area contributed by atoms with Gasteiger partial charge in [0.1, 0.15) is 11.3 Å². The van der Waals surface area contributed by atoms with Gasteiger partial charge in [-0.3, -0.25) is 0 Å². The maximum absolute atomic E-state index is 6.13. The summed E-state index contributed by atoms with van der Waals surface area (Å²) < 4.78 is 5.90. The van der Waals surface area contributed by atoms with E-state index in [0.717, 1.165) is 34.4 Å². The molecule has 2 heterocycles. The topological polar surface area (TPSA) is 38.1 Å². The molecule has 4 heteroatoms. The first-order valence-electron chi connectivity index (χ1n) is 7.04. The van der Waals surface area contributed by atoms with Gasteiger partial charge < -0.3 is 9.73 Å². The maximum atomic E-state index is 6.13. The highest BCUT2D eigenvalue weighted by molar-refractivity contribution is 6.31. The van der Waals surface area contributed by atoms with E-state index < -0.39 is 0 Å². The highest BCUT2D eigenvalue weighted by Gasteiger charge is 2.12. The van der Waals surface area contributed by atoms with Gasteiger partial charge in [0.15, 0.2) is 5.15 Å². The molecule has 0 saturated heterocycles. The monoisotopic (exact) mass is 300 g/mol. The quantitative estimate of drug-likeness (QED) is 0.692. The number of para-hydroxylation sites is 1. The van der Waals surface area contributed by atoms with Crippen molar-refractivity contribution >= 4 is 28.3 Å². The first-order chi connectivity index (χ1) is 10.2. The van der Waals surface area contributed by atoms with Crippen LogP contribution in [-0.4, -0.2) is 4.98 Å². The Bertz CT molecular complexity index is 780. The zero-order valence-electron chi connectivity index (χ0n) is 12.1. The van der Waals surface area contributed by atoms with E-state index in [1.165, 1.54) is 5.56 Å². The number of nitrogens with one attached hydrogen (secondary N) is 1. The first kappa shape index (κ1) is 14.0. The van der Waals surface area contributed by atoms with Crippen molar-refractivity contribution in [1.29, 1.82) is 0 Å². The number of aromatic nitrogens is 1. The third-order valence-corrected chi connectivity index (χ3v) is 3.84. The Kier molecular flexibility index (Phi) is 3.84. The highest BCUT2D eigenvalue weighted by atomic mass is 35.5. The van der Waals surface area contributed by atoms with Gasteiger partial charge in [-0.15, -0.1) is 0 Å². The molecule has 1 aromatic carbocycles. The average Bonchev–Trinajstić information content (AvgIpc) is 2.86. The number of halogens is 1. The summed E-state index contributed by atoms with van der Waals surface area (Å²) in [7, 11) is 0. The molecule has 3 nitrogen and oxygen atoms in total. The number of aryl methyl sites for hydroxylation is 2. The van der Waals surface area contributed by atoms with E-state index in [2.05, 4.69) is 23.3 Å². The van der Waals surface area contributed by atoms with Crippen LogP contribution >= 0.6 is 11.6 Å². The molecule has 0 spiro atoms. The van der Waals surface area contributed by atoms with Gasteiger partial charge in [-0.2, -0.15) is 0 Å². The molecule has 0 atom stereocenters. The van der Waals surface area contributed by atoms with Gasteiger partial charge in [0.25, 0.3) is 0 Å². The fourth-order valence-electron chi connectivity index (χ4n) is 2.49. The lowest BCUT2D eigenvalue weighted by Gasteiger charge is -2.09. The number of benzene rings is 1. The van der Waals surface area contributed by atoms with Crippen LogP contribution in [0.5, 0.6) is 0 Å². The molecular formula is C17H17ClN2O. The van der Waals surface area contributed by atoms with Crippen molar-refractivity contribution in [2.75, 3.05) is 5.32 Å². The van der Waals surface area contributed by atoms with Crippen LogP contribution in [0.25, 0.3) is 11.0 Å². The Morgan fingerprint density at radius 2 is 2.10 bits per heavy atom. The van der Waals surface area contributed by atoms with Crippen LogP contribution < -0.4 is 5.32 Å². The average molecular weight is 301 g/mol. The molecule has 0 fully saturated rings. The van der Waals surface area contributed by atoms with E-state index in [-0.39, 0.29) is 0 Å². The van der Waals surface area contributed by atoms with E-state index >= 15 is 0 Å². The van der Waals surface area contributed by atoms with Crippen molar-refractivity contribution in [3.63, 3.8) is 0 Å². The minimum absolute atomic E-state index is 0.492. The Morgan fingerprint density at radius 3 is 2.90 bits per heavy atom. The first-order valence-corrected chi connectivity index (χ1v) is 7.42. The van der Waals surface area contributed by atoms with Crippen LogP contribution in [0.4, 0.5) is 5.69 Å². The molecule has 21 heavy (non-hydrogen) atoms. The van der Waals surface area contributed by atoms with Crippen molar-refractivity contribution in [1.82, 2.24) is 4.98 Å². The lowest BCUT2D eigenvalue weighted by Crippen LogP contribution is -2.02. The van der Waals surface area contributed by atoms with Gasteiger partial charge >= 0.3 is 0 Å². The second-order valence-electron chi connectivity index (χ2n) is 5.06. The number of pyridine rings is 1.